The molecule has 88 valence electrons. The summed E-state index contributed by atoms with van der Waals surface area (Å²) < 4.78 is 23.3. The van der Waals surface area contributed by atoms with Crippen molar-refractivity contribution in [3.8, 4) is 0 Å². The molecule has 16 heavy (non-hydrogen) atoms. The molecule has 5 heteroatoms. The van der Waals surface area contributed by atoms with Crippen molar-refractivity contribution in [2.45, 2.75) is 11.3 Å². The lowest BCUT2D eigenvalue weighted by atomic mass is 10.1. The number of sulfone groups is 1. The molecule has 2 rings (SSSR count). The van der Waals surface area contributed by atoms with Crippen molar-refractivity contribution in [2.24, 2.45) is 0 Å². The molecule has 0 N–H and O–H groups in total. The van der Waals surface area contributed by atoms with Crippen LogP contribution in [0, 0.1) is 0 Å². The molecule has 0 saturated heterocycles. The van der Waals surface area contributed by atoms with Crippen molar-refractivity contribution in [1.29, 1.82) is 0 Å². The van der Waals surface area contributed by atoms with Crippen LogP contribution in [0.4, 0.5) is 5.69 Å². The first-order valence-corrected chi connectivity index (χ1v) is 7.07. The fourth-order valence-corrected chi connectivity index (χ4v) is 3.04. The van der Waals surface area contributed by atoms with Gasteiger partial charge in [-0.1, -0.05) is 6.07 Å². The van der Waals surface area contributed by atoms with E-state index < -0.39 is 9.84 Å². The van der Waals surface area contributed by atoms with Gasteiger partial charge in [-0.25, -0.2) is 13.4 Å². The number of hydrogen-bond donors (Lipinski definition) is 0. The summed E-state index contributed by atoms with van der Waals surface area (Å²) in [6.45, 7) is 0.843. The average Bonchev–Trinajstić information content (AvgIpc) is 2.21. The molecule has 0 radical (unpaired) electrons. The third-order valence-electron chi connectivity index (χ3n) is 3.05. The molecule has 1 heterocycles. The van der Waals surface area contributed by atoms with E-state index in [-0.39, 0.29) is 0 Å². The highest BCUT2D eigenvalue weighted by Crippen LogP contribution is 2.30. The van der Waals surface area contributed by atoms with Crippen molar-refractivity contribution < 1.29 is 8.42 Å². The van der Waals surface area contributed by atoms with Crippen LogP contribution in [0.1, 0.15) is 5.56 Å². The fraction of sp³-hybridized carbons (Fsp3) is 0.455. The lowest BCUT2D eigenvalue weighted by molar-refractivity contribution is 0.312. The number of fused-ring (bicyclic) bond motifs is 1. The van der Waals surface area contributed by atoms with E-state index >= 15 is 0 Å². The molecule has 1 aliphatic heterocycles. The maximum Gasteiger partial charge on any atom is 0.175 e. The van der Waals surface area contributed by atoms with Gasteiger partial charge in [-0.15, -0.1) is 0 Å². The van der Waals surface area contributed by atoms with E-state index in [1.807, 2.05) is 25.2 Å². The summed E-state index contributed by atoms with van der Waals surface area (Å²) >= 11 is 0. The van der Waals surface area contributed by atoms with Crippen LogP contribution in [-0.4, -0.2) is 40.3 Å². The first kappa shape index (κ1) is 11.4. The Morgan fingerprint density at radius 1 is 1.25 bits per heavy atom. The van der Waals surface area contributed by atoms with E-state index in [1.54, 1.807) is 12.1 Å². The molecule has 1 aromatic carbocycles. The molecule has 1 aliphatic rings. The molecular formula is C11H16N2O2S. The van der Waals surface area contributed by atoms with Gasteiger partial charge in [-0.05, 0) is 24.1 Å². The molecule has 0 bridgehead atoms. The minimum absolute atomic E-state index is 0.463. The standard InChI is InChI=1S/C11H16N2O2S/c1-12-8-7-9-10(13(12)2)5-4-6-11(9)16(3,14)15/h4-6H,7-8H2,1-3H3. The van der Waals surface area contributed by atoms with Crippen molar-refractivity contribution in [1.82, 2.24) is 5.01 Å². The monoisotopic (exact) mass is 240 g/mol. The van der Waals surface area contributed by atoms with E-state index in [0.717, 1.165) is 24.2 Å². The van der Waals surface area contributed by atoms with Crippen molar-refractivity contribution >= 4 is 15.5 Å². The number of nitrogens with zero attached hydrogens (tertiary/aromatic N) is 2. The van der Waals surface area contributed by atoms with Gasteiger partial charge in [0, 0.05) is 26.9 Å². The van der Waals surface area contributed by atoms with Gasteiger partial charge in [0.25, 0.3) is 0 Å². The second-order valence-corrected chi connectivity index (χ2v) is 6.17. The van der Waals surface area contributed by atoms with Crippen LogP contribution in [-0.2, 0) is 16.3 Å². The quantitative estimate of drug-likeness (QED) is 0.732. The molecule has 0 amide bonds. The first-order chi connectivity index (χ1) is 7.41. The summed E-state index contributed by atoms with van der Waals surface area (Å²) in [7, 11) is 0.814. The molecule has 0 atom stereocenters. The third kappa shape index (κ3) is 1.81. The predicted molar refractivity (Wildman–Crippen MR) is 64.3 cm³/mol. The number of hydrazine groups is 1. The van der Waals surface area contributed by atoms with Crippen LogP contribution in [0.25, 0.3) is 0 Å². The van der Waals surface area contributed by atoms with Gasteiger partial charge in [0.2, 0.25) is 0 Å². The summed E-state index contributed by atoms with van der Waals surface area (Å²) in [4.78, 5) is 0.463. The highest BCUT2D eigenvalue weighted by atomic mass is 32.2. The Morgan fingerprint density at radius 3 is 2.56 bits per heavy atom. The van der Waals surface area contributed by atoms with Gasteiger partial charge in [0.15, 0.2) is 9.84 Å². The maximum atomic E-state index is 11.7. The Kier molecular flexibility index (Phi) is 2.67. The SMILES string of the molecule is CN1CCc2c(cccc2S(C)(=O)=O)N1C. The highest BCUT2D eigenvalue weighted by molar-refractivity contribution is 7.90. The second kappa shape index (κ2) is 3.75. The van der Waals surface area contributed by atoms with E-state index in [0.29, 0.717) is 4.90 Å². The van der Waals surface area contributed by atoms with Crippen LogP contribution in [0.15, 0.2) is 23.1 Å². The number of hydrogen-bond acceptors (Lipinski definition) is 4. The van der Waals surface area contributed by atoms with Gasteiger partial charge in [-0.3, -0.25) is 0 Å². The maximum absolute atomic E-state index is 11.7. The summed E-state index contributed by atoms with van der Waals surface area (Å²) in [5.74, 6) is 0. The van der Waals surface area contributed by atoms with E-state index in [1.165, 1.54) is 6.26 Å². The lowest BCUT2D eigenvalue weighted by Gasteiger charge is -2.36. The van der Waals surface area contributed by atoms with E-state index in [2.05, 4.69) is 5.01 Å². The van der Waals surface area contributed by atoms with E-state index in [4.69, 9.17) is 0 Å². The van der Waals surface area contributed by atoms with Crippen LogP contribution in [0.5, 0.6) is 0 Å². The second-order valence-electron chi connectivity index (χ2n) is 4.18. The molecule has 0 saturated carbocycles. The number of rotatable bonds is 1. The van der Waals surface area contributed by atoms with Crippen LogP contribution < -0.4 is 5.01 Å². The Bertz CT molecular complexity index is 511. The number of benzene rings is 1. The van der Waals surface area contributed by atoms with Crippen LogP contribution in [0.2, 0.25) is 0 Å². The average molecular weight is 240 g/mol. The zero-order valence-corrected chi connectivity index (χ0v) is 10.6. The first-order valence-electron chi connectivity index (χ1n) is 5.18. The molecule has 0 unspecified atom stereocenters. The Labute approximate surface area is 96.4 Å². The van der Waals surface area contributed by atoms with E-state index in [9.17, 15) is 8.42 Å². The minimum Gasteiger partial charge on any atom is -0.309 e. The summed E-state index contributed by atoms with van der Waals surface area (Å²) in [5, 5.41) is 4.07. The number of anilines is 1. The van der Waals surface area contributed by atoms with Crippen LogP contribution >= 0.6 is 0 Å². The topological polar surface area (TPSA) is 40.6 Å². The van der Waals surface area contributed by atoms with Gasteiger partial charge < -0.3 is 5.01 Å². The van der Waals surface area contributed by atoms with Crippen molar-refractivity contribution in [2.75, 3.05) is 31.9 Å². The zero-order chi connectivity index (χ0) is 11.9. The molecule has 4 nitrogen and oxygen atoms in total. The van der Waals surface area contributed by atoms with Gasteiger partial charge >= 0.3 is 0 Å². The van der Waals surface area contributed by atoms with Crippen molar-refractivity contribution in [3.63, 3.8) is 0 Å². The zero-order valence-electron chi connectivity index (χ0n) is 9.77. The summed E-state index contributed by atoms with van der Waals surface area (Å²) in [5.41, 5.74) is 1.92. The third-order valence-corrected chi connectivity index (χ3v) is 4.24. The minimum atomic E-state index is -3.13. The largest absolute Gasteiger partial charge is 0.309 e. The molecule has 1 aromatic rings. The van der Waals surface area contributed by atoms with Crippen LogP contribution in [0.3, 0.4) is 0 Å². The van der Waals surface area contributed by atoms with Gasteiger partial charge in [0.1, 0.15) is 0 Å². The Balaban J connectivity index is 2.62. The summed E-state index contributed by atoms with van der Waals surface area (Å²) in [6.07, 6.45) is 2.04. The lowest BCUT2D eigenvalue weighted by Crippen LogP contribution is -2.42. The fourth-order valence-electron chi connectivity index (χ4n) is 2.06. The van der Waals surface area contributed by atoms with Gasteiger partial charge in [0.05, 0.1) is 10.6 Å². The highest BCUT2D eigenvalue weighted by Gasteiger charge is 2.23. The Hall–Kier alpha value is -1.07. The molecule has 0 aromatic heterocycles. The smallest absolute Gasteiger partial charge is 0.175 e. The molecule has 0 spiro atoms. The molecule has 0 aliphatic carbocycles. The molecular weight excluding hydrogens is 224 g/mol. The number of likely N-dealkylation sites (N-methyl/N-ethyl adjacent to an activating group) is 1. The molecule has 0 fully saturated rings. The Morgan fingerprint density at radius 2 is 1.94 bits per heavy atom. The summed E-state index contributed by atoms with van der Waals surface area (Å²) in [6, 6.07) is 5.44. The van der Waals surface area contributed by atoms with Crippen molar-refractivity contribution in [3.05, 3.63) is 23.8 Å². The predicted octanol–water partition coefficient (Wildman–Crippen LogP) is 0.929. The normalized spacial score (nSPS) is 17.3. The van der Waals surface area contributed by atoms with Gasteiger partial charge in [-0.2, -0.15) is 0 Å².